The highest BCUT2D eigenvalue weighted by Gasteiger charge is 2.17. The van der Waals surface area contributed by atoms with E-state index in [4.69, 9.17) is 27.9 Å². The Morgan fingerprint density at radius 2 is 1.81 bits per heavy atom. The van der Waals surface area contributed by atoms with E-state index in [1.54, 1.807) is 25.1 Å². The van der Waals surface area contributed by atoms with Gasteiger partial charge in [-0.2, -0.15) is 0 Å². The molecule has 0 aliphatic carbocycles. The number of nitrogens with one attached hydrogen (secondary N) is 1. The summed E-state index contributed by atoms with van der Waals surface area (Å²) in [5.41, 5.74) is 1.19. The molecule has 0 saturated carbocycles. The summed E-state index contributed by atoms with van der Waals surface area (Å²) in [7, 11) is -2.29. The highest BCUT2D eigenvalue weighted by molar-refractivity contribution is 7.92. The number of methoxy groups -OCH3 is 1. The minimum atomic E-state index is -3.75. The molecule has 0 amide bonds. The Morgan fingerprint density at radius 1 is 1.10 bits per heavy atom. The fourth-order valence-electron chi connectivity index (χ4n) is 1.72. The van der Waals surface area contributed by atoms with E-state index in [1.165, 1.54) is 25.3 Å². The van der Waals surface area contributed by atoms with Crippen LogP contribution in [0.15, 0.2) is 41.3 Å². The third kappa shape index (κ3) is 3.61. The summed E-state index contributed by atoms with van der Waals surface area (Å²) in [5.74, 6) is 0.412. The van der Waals surface area contributed by atoms with Gasteiger partial charge in [0.1, 0.15) is 5.75 Å². The van der Waals surface area contributed by atoms with Crippen LogP contribution in [0.25, 0.3) is 0 Å². The van der Waals surface area contributed by atoms with Crippen LogP contribution in [0.4, 0.5) is 5.69 Å². The summed E-state index contributed by atoms with van der Waals surface area (Å²) < 4.78 is 32.2. The first-order chi connectivity index (χ1) is 9.83. The maximum Gasteiger partial charge on any atom is 0.261 e. The first kappa shape index (κ1) is 15.9. The molecule has 0 saturated heterocycles. The Morgan fingerprint density at radius 3 is 2.43 bits per heavy atom. The van der Waals surface area contributed by atoms with Crippen LogP contribution in [0.1, 0.15) is 5.56 Å². The maximum absolute atomic E-state index is 12.4. The van der Waals surface area contributed by atoms with E-state index >= 15 is 0 Å². The molecule has 0 aromatic heterocycles. The molecule has 0 bridgehead atoms. The van der Waals surface area contributed by atoms with Gasteiger partial charge in [-0.05, 0) is 42.8 Å². The second kappa shape index (κ2) is 6.13. The van der Waals surface area contributed by atoms with Crippen LogP contribution in [0.3, 0.4) is 0 Å². The molecule has 7 heteroatoms. The Hall–Kier alpha value is -1.43. The predicted octanol–water partition coefficient (Wildman–Crippen LogP) is 4.11. The van der Waals surface area contributed by atoms with E-state index in [0.29, 0.717) is 16.5 Å². The van der Waals surface area contributed by atoms with Crippen molar-refractivity contribution >= 4 is 38.9 Å². The first-order valence-electron chi connectivity index (χ1n) is 5.96. The quantitative estimate of drug-likeness (QED) is 0.906. The smallest absolute Gasteiger partial charge is 0.261 e. The minimum absolute atomic E-state index is 0.0488. The summed E-state index contributed by atoms with van der Waals surface area (Å²) in [6, 6.07) is 9.25. The molecule has 1 N–H and O–H groups in total. The van der Waals surface area contributed by atoms with Gasteiger partial charge < -0.3 is 4.74 Å². The van der Waals surface area contributed by atoms with E-state index in [0.717, 1.165) is 5.56 Å². The number of hydrogen-bond acceptors (Lipinski definition) is 3. The van der Waals surface area contributed by atoms with Crippen LogP contribution < -0.4 is 9.46 Å². The average Bonchev–Trinajstić information content (AvgIpc) is 2.42. The van der Waals surface area contributed by atoms with Crippen molar-refractivity contribution in [2.24, 2.45) is 0 Å². The minimum Gasteiger partial charge on any atom is -0.495 e. The zero-order valence-electron chi connectivity index (χ0n) is 11.4. The van der Waals surface area contributed by atoms with Crippen molar-refractivity contribution in [1.29, 1.82) is 0 Å². The van der Waals surface area contributed by atoms with E-state index in [9.17, 15) is 8.42 Å². The predicted molar refractivity (Wildman–Crippen MR) is 85.0 cm³/mol. The van der Waals surface area contributed by atoms with E-state index in [-0.39, 0.29) is 9.92 Å². The highest BCUT2D eigenvalue weighted by Crippen LogP contribution is 2.29. The van der Waals surface area contributed by atoms with Gasteiger partial charge in [-0.15, -0.1) is 0 Å². The van der Waals surface area contributed by atoms with Crippen molar-refractivity contribution in [2.45, 2.75) is 11.8 Å². The largest absolute Gasteiger partial charge is 0.495 e. The van der Waals surface area contributed by atoms with Gasteiger partial charge in [-0.25, -0.2) is 8.42 Å². The molecule has 4 nitrogen and oxygen atoms in total. The van der Waals surface area contributed by atoms with Gasteiger partial charge in [0.15, 0.2) is 0 Å². The number of aryl methyl sites for hydroxylation is 1. The fourth-order valence-corrected chi connectivity index (χ4v) is 3.36. The summed E-state index contributed by atoms with van der Waals surface area (Å²) in [6.45, 7) is 1.79. The van der Waals surface area contributed by atoms with Crippen molar-refractivity contribution in [3.05, 3.63) is 52.0 Å². The molecule has 0 fully saturated rings. The summed E-state index contributed by atoms with van der Waals surface area (Å²) in [4.78, 5) is 0.0488. The van der Waals surface area contributed by atoms with Gasteiger partial charge in [-0.3, -0.25) is 4.72 Å². The highest BCUT2D eigenvalue weighted by atomic mass is 35.5. The molecule has 2 aromatic rings. The standard InChI is InChI=1S/C14H13Cl2NO3S/c1-9-3-4-10(15)7-13(9)17-21(18,19)11-5-6-14(20-2)12(16)8-11/h3-8,17H,1-2H3. The molecule has 112 valence electrons. The average molecular weight is 346 g/mol. The summed E-state index contributed by atoms with van der Waals surface area (Å²) in [6.07, 6.45) is 0. The van der Waals surface area contributed by atoms with E-state index in [1.807, 2.05) is 0 Å². The summed E-state index contributed by atoms with van der Waals surface area (Å²) >= 11 is 11.8. The van der Waals surface area contributed by atoms with Crippen molar-refractivity contribution in [3.63, 3.8) is 0 Å². The molecule has 0 heterocycles. The second-order valence-corrected chi connectivity index (χ2v) is 6.89. The molecular formula is C14H13Cl2NO3S. The third-order valence-electron chi connectivity index (χ3n) is 2.88. The molecule has 0 aliphatic heterocycles. The molecule has 2 aromatic carbocycles. The first-order valence-corrected chi connectivity index (χ1v) is 8.20. The van der Waals surface area contributed by atoms with Crippen molar-refractivity contribution in [3.8, 4) is 5.75 Å². The number of benzene rings is 2. The number of ether oxygens (including phenoxy) is 1. The van der Waals surface area contributed by atoms with Gasteiger partial charge in [-0.1, -0.05) is 29.3 Å². The lowest BCUT2D eigenvalue weighted by Crippen LogP contribution is -2.13. The van der Waals surface area contributed by atoms with Crippen molar-refractivity contribution in [2.75, 3.05) is 11.8 Å². The Labute approximate surface area is 133 Å². The number of halogens is 2. The molecule has 2 rings (SSSR count). The third-order valence-corrected chi connectivity index (χ3v) is 4.77. The van der Waals surface area contributed by atoms with Crippen molar-refractivity contribution in [1.82, 2.24) is 0 Å². The van der Waals surface area contributed by atoms with E-state index in [2.05, 4.69) is 4.72 Å². The lowest BCUT2D eigenvalue weighted by Gasteiger charge is -2.12. The fraction of sp³-hybridized carbons (Fsp3) is 0.143. The van der Waals surface area contributed by atoms with Crippen LogP contribution in [0, 0.1) is 6.92 Å². The number of sulfonamides is 1. The molecule has 0 spiro atoms. The zero-order chi connectivity index (χ0) is 15.6. The number of hydrogen-bond donors (Lipinski definition) is 1. The zero-order valence-corrected chi connectivity index (χ0v) is 13.7. The van der Waals surface area contributed by atoms with Gasteiger partial charge in [0, 0.05) is 5.02 Å². The van der Waals surface area contributed by atoms with Crippen LogP contribution >= 0.6 is 23.2 Å². The van der Waals surface area contributed by atoms with Crippen LogP contribution in [0.2, 0.25) is 10.0 Å². The lowest BCUT2D eigenvalue weighted by molar-refractivity contribution is 0.414. The Balaban J connectivity index is 2.38. The molecule has 0 atom stereocenters. The van der Waals surface area contributed by atoms with E-state index < -0.39 is 10.0 Å². The van der Waals surface area contributed by atoms with Gasteiger partial charge >= 0.3 is 0 Å². The normalized spacial score (nSPS) is 11.2. The van der Waals surface area contributed by atoms with Crippen LogP contribution in [-0.2, 0) is 10.0 Å². The van der Waals surface area contributed by atoms with Crippen molar-refractivity contribution < 1.29 is 13.2 Å². The molecule has 0 unspecified atom stereocenters. The molecule has 0 radical (unpaired) electrons. The SMILES string of the molecule is COc1ccc(S(=O)(=O)Nc2cc(Cl)ccc2C)cc1Cl. The monoisotopic (exact) mass is 345 g/mol. The van der Waals surface area contributed by atoms with Gasteiger partial charge in [0.25, 0.3) is 10.0 Å². The Bertz CT molecular complexity index is 776. The van der Waals surface area contributed by atoms with Gasteiger partial charge in [0.2, 0.25) is 0 Å². The molecule has 0 aliphatic rings. The molecular weight excluding hydrogens is 333 g/mol. The lowest BCUT2D eigenvalue weighted by atomic mass is 10.2. The Kier molecular flexibility index (Phi) is 4.66. The number of anilines is 1. The second-order valence-electron chi connectivity index (χ2n) is 4.36. The number of rotatable bonds is 4. The maximum atomic E-state index is 12.4. The van der Waals surface area contributed by atoms with Crippen LogP contribution in [-0.4, -0.2) is 15.5 Å². The molecule has 21 heavy (non-hydrogen) atoms. The van der Waals surface area contributed by atoms with Crippen LogP contribution in [0.5, 0.6) is 5.75 Å². The summed E-state index contributed by atoms with van der Waals surface area (Å²) in [5, 5.41) is 0.675. The van der Waals surface area contributed by atoms with Gasteiger partial charge in [0.05, 0.1) is 22.7 Å². The topological polar surface area (TPSA) is 55.4 Å².